The first-order chi connectivity index (χ1) is 17.0. The van der Waals surface area contributed by atoms with E-state index in [1.807, 2.05) is 13.8 Å². The molecule has 1 heterocycles. The van der Waals surface area contributed by atoms with Crippen LogP contribution in [0, 0.1) is 17.8 Å². The number of hydrogen-bond donors (Lipinski definition) is 0. The lowest BCUT2D eigenvalue weighted by Gasteiger charge is -2.36. The van der Waals surface area contributed by atoms with Crippen molar-refractivity contribution in [1.29, 1.82) is 0 Å². The van der Waals surface area contributed by atoms with Gasteiger partial charge in [0.2, 0.25) is 0 Å². The van der Waals surface area contributed by atoms with E-state index in [2.05, 4.69) is 0 Å². The summed E-state index contributed by atoms with van der Waals surface area (Å²) in [6.45, 7) is 8.36. The average molecular weight is 509 g/mol. The predicted octanol–water partition coefficient (Wildman–Crippen LogP) is 3.53. The number of carbonyl (C=O) groups excluding carboxylic acids is 5. The number of aldehydes is 1. The van der Waals surface area contributed by atoms with Crippen molar-refractivity contribution in [3.05, 3.63) is 24.3 Å². The Kier molecular flexibility index (Phi) is 13.9. The number of allylic oxidation sites excluding steroid dienone is 3. The molecule has 0 radical (unpaired) electrons. The molecule has 0 aliphatic carbocycles. The Balaban J connectivity index is 3.54. The summed E-state index contributed by atoms with van der Waals surface area (Å²) in [5.74, 6) is -3.07. The predicted molar refractivity (Wildman–Crippen MR) is 132 cm³/mol. The zero-order valence-corrected chi connectivity index (χ0v) is 22.1. The summed E-state index contributed by atoms with van der Waals surface area (Å²) < 4.78 is 22.4. The van der Waals surface area contributed by atoms with Crippen molar-refractivity contribution in [3.8, 4) is 0 Å². The Morgan fingerprint density at radius 1 is 1.14 bits per heavy atom. The minimum atomic E-state index is -1.15. The van der Waals surface area contributed by atoms with Crippen molar-refractivity contribution < 1.29 is 42.9 Å². The van der Waals surface area contributed by atoms with Gasteiger partial charge in [0.05, 0.1) is 6.42 Å². The maximum atomic E-state index is 12.7. The molecule has 0 aromatic rings. The Hall–Kier alpha value is -2.81. The molecule has 202 valence electrons. The van der Waals surface area contributed by atoms with Crippen LogP contribution in [0.1, 0.15) is 66.7 Å². The van der Waals surface area contributed by atoms with Crippen LogP contribution in [-0.2, 0) is 42.9 Å². The first kappa shape index (κ1) is 31.2. The van der Waals surface area contributed by atoms with E-state index in [0.717, 1.165) is 0 Å². The van der Waals surface area contributed by atoms with E-state index in [-0.39, 0.29) is 37.4 Å². The van der Waals surface area contributed by atoms with Crippen LogP contribution >= 0.6 is 0 Å². The third-order valence-electron chi connectivity index (χ3n) is 5.80. The molecule has 1 aliphatic heterocycles. The second-order valence-corrected chi connectivity index (χ2v) is 9.63. The first-order valence-corrected chi connectivity index (χ1v) is 12.4. The molecular formula is C27H40O9. The number of methoxy groups -OCH3 is 1. The van der Waals surface area contributed by atoms with Crippen molar-refractivity contribution in [2.45, 2.75) is 91.1 Å². The Morgan fingerprint density at radius 3 is 2.42 bits per heavy atom. The summed E-state index contributed by atoms with van der Waals surface area (Å²) in [6, 6.07) is 0. The molecule has 0 aromatic carbocycles. The number of ether oxygens (including phenoxy) is 4. The van der Waals surface area contributed by atoms with Gasteiger partial charge in [0.15, 0.2) is 5.78 Å². The van der Waals surface area contributed by atoms with Crippen molar-refractivity contribution in [3.63, 3.8) is 0 Å². The number of cyclic esters (lactones) is 1. The molecule has 0 N–H and O–H groups in total. The average Bonchev–Trinajstić information content (AvgIpc) is 2.76. The summed E-state index contributed by atoms with van der Waals surface area (Å²) in [5.41, 5.74) is 0. The van der Waals surface area contributed by atoms with E-state index in [1.165, 1.54) is 20.1 Å². The number of carbonyl (C=O) groups is 5. The molecule has 0 spiro atoms. The van der Waals surface area contributed by atoms with E-state index >= 15 is 0 Å². The van der Waals surface area contributed by atoms with E-state index in [4.69, 9.17) is 18.9 Å². The highest BCUT2D eigenvalue weighted by atomic mass is 16.6. The number of esters is 3. The van der Waals surface area contributed by atoms with Crippen LogP contribution in [0.2, 0.25) is 0 Å². The molecule has 0 saturated carbocycles. The maximum absolute atomic E-state index is 12.7. The van der Waals surface area contributed by atoms with E-state index in [0.29, 0.717) is 12.7 Å². The topological polar surface area (TPSA) is 122 Å². The minimum Gasteiger partial charge on any atom is -0.462 e. The normalized spacial score (nSPS) is 30.2. The van der Waals surface area contributed by atoms with Crippen LogP contribution in [0.3, 0.4) is 0 Å². The molecule has 0 bridgehead atoms. The van der Waals surface area contributed by atoms with Gasteiger partial charge in [-0.2, -0.15) is 0 Å². The molecule has 0 aromatic heterocycles. The standard InChI is InChI=1S/C27H40O9/c1-17(2)14-24(31)36-26-21(12-13-28)15-18(3)22(30)11-9-7-8-10-19(4)34-25(32)16-23(27(26)33-6)35-20(5)29/h7-9,11,13,17-19,21,23,26-27H,10,12,14-16H2,1-6H3/b8-7-,11-9+/t18-,19-,21+,23-,26?,27+/m1/s1. The lowest BCUT2D eigenvalue weighted by Crippen LogP contribution is -2.49. The third-order valence-corrected chi connectivity index (χ3v) is 5.80. The fraction of sp³-hybridized carbons (Fsp3) is 0.667. The zero-order chi connectivity index (χ0) is 27.3. The molecule has 9 nitrogen and oxygen atoms in total. The van der Waals surface area contributed by atoms with Crippen LogP contribution in [0.25, 0.3) is 0 Å². The van der Waals surface area contributed by atoms with Gasteiger partial charge in [-0.25, -0.2) is 0 Å². The SMILES string of the molecule is CO[C@@H]1C(OC(=O)CC(C)C)[C@@H](CC=O)C[C@@H](C)C(=O)/C=C/C=C\C[C@@H](C)OC(=O)C[C@H]1OC(C)=O. The van der Waals surface area contributed by atoms with Gasteiger partial charge in [-0.15, -0.1) is 0 Å². The quantitative estimate of drug-likeness (QED) is 0.289. The Morgan fingerprint density at radius 2 is 1.83 bits per heavy atom. The highest BCUT2D eigenvalue weighted by Gasteiger charge is 2.41. The summed E-state index contributed by atoms with van der Waals surface area (Å²) in [5, 5.41) is 0. The highest BCUT2D eigenvalue weighted by molar-refractivity contribution is 5.91. The van der Waals surface area contributed by atoms with E-state index in [1.54, 1.807) is 32.1 Å². The summed E-state index contributed by atoms with van der Waals surface area (Å²) >= 11 is 0. The van der Waals surface area contributed by atoms with Gasteiger partial charge in [-0.05, 0) is 25.3 Å². The van der Waals surface area contributed by atoms with E-state index < -0.39 is 54.2 Å². The maximum Gasteiger partial charge on any atom is 0.309 e. The highest BCUT2D eigenvalue weighted by Crippen LogP contribution is 2.29. The van der Waals surface area contributed by atoms with Crippen molar-refractivity contribution in [2.75, 3.05) is 7.11 Å². The second-order valence-electron chi connectivity index (χ2n) is 9.63. The number of hydrogen-bond acceptors (Lipinski definition) is 9. The molecule has 0 amide bonds. The lowest BCUT2D eigenvalue weighted by molar-refractivity contribution is -0.183. The molecule has 1 rings (SSSR count). The molecule has 9 heteroatoms. The van der Waals surface area contributed by atoms with Gasteiger partial charge in [0.1, 0.15) is 30.7 Å². The molecule has 1 unspecified atom stereocenters. The van der Waals surface area contributed by atoms with Crippen LogP contribution < -0.4 is 0 Å². The molecule has 1 aliphatic rings. The smallest absolute Gasteiger partial charge is 0.309 e. The van der Waals surface area contributed by atoms with Gasteiger partial charge < -0.3 is 23.7 Å². The number of ketones is 1. The summed E-state index contributed by atoms with van der Waals surface area (Å²) in [4.78, 5) is 61.7. The van der Waals surface area contributed by atoms with E-state index in [9.17, 15) is 24.0 Å². The van der Waals surface area contributed by atoms with Gasteiger partial charge in [0, 0.05) is 45.1 Å². The third kappa shape index (κ3) is 11.3. The van der Waals surface area contributed by atoms with Crippen LogP contribution in [0.4, 0.5) is 0 Å². The van der Waals surface area contributed by atoms with Crippen molar-refractivity contribution in [2.24, 2.45) is 17.8 Å². The van der Waals surface area contributed by atoms with Gasteiger partial charge >= 0.3 is 17.9 Å². The summed E-state index contributed by atoms with van der Waals surface area (Å²) in [7, 11) is 1.34. The lowest BCUT2D eigenvalue weighted by atomic mass is 9.83. The first-order valence-electron chi connectivity index (χ1n) is 12.4. The zero-order valence-electron chi connectivity index (χ0n) is 22.1. The van der Waals surface area contributed by atoms with Gasteiger partial charge in [-0.3, -0.25) is 19.2 Å². The van der Waals surface area contributed by atoms with Gasteiger partial charge in [-0.1, -0.05) is 39.0 Å². The number of rotatable bonds is 7. The fourth-order valence-corrected chi connectivity index (χ4v) is 4.11. The van der Waals surface area contributed by atoms with Crippen molar-refractivity contribution in [1.82, 2.24) is 0 Å². The fourth-order valence-electron chi connectivity index (χ4n) is 4.11. The van der Waals surface area contributed by atoms with Crippen LogP contribution in [0.5, 0.6) is 0 Å². The molecule has 36 heavy (non-hydrogen) atoms. The molecule has 6 atom stereocenters. The molecule has 0 fully saturated rings. The molecule has 0 saturated heterocycles. The molecular weight excluding hydrogens is 468 g/mol. The van der Waals surface area contributed by atoms with Crippen LogP contribution in [0.15, 0.2) is 24.3 Å². The van der Waals surface area contributed by atoms with Gasteiger partial charge in [0.25, 0.3) is 0 Å². The van der Waals surface area contributed by atoms with Crippen LogP contribution in [-0.4, -0.2) is 61.5 Å². The largest absolute Gasteiger partial charge is 0.462 e. The monoisotopic (exact) mass is 508 g/mol. The second kappa shape index (κ2) is 16.0. The summed E-state index contributed by atoms with van der Waals surface area (Å²) in [6.07, 6.45) is 3.83. The minimum absolute atomic E-state index is 0.00799. The Bertz CT molecular complexity index is 814. The Labute approximate surface area is 213 Å². The van der Waals surface area contributed by atoms with Crippen molar-refractivity contribution >= 4 is 30.0 Å².